The van der Waals surface area contributed by atoms with Gasteiger partial charge in [-0.25, -0.2) is 0 Å². The molecule has 94 valence electrons. The molecule has 0 aromatic rings. The van der Waals surface area contributed by atoms with Gasteiger partial charge in [-0.2, -0.15) is 0 Å². The summed E-state index contributed by atoms with van der Waals surface area (Å²) in [5.41, 5.74) is -0.0338. The lowest BCUT2D eigenvalue weighted by Crippen LogP contribution is -2.61. The van der Waals surface area contributed by atoms with E-state index in [1.54, 1.807) is 0 Å². The number of ether oxygens (including phenoxy) is 2. The summed E-state index contributed by atoms with van der Waals surface area (Å²) in [5.74, 6) is 0. The Hall–Kier alpha value is -0.120. The van der Waals surface area contributed by atoms with E-state index in [9.17, 15) is 0 Å². The van der Waals surface area contributed by atoms with Crippen molar-refractivity contribution in [3.63, 3.8) is 0 Å². The normalized spacial score (nSPS) is 34.1. The predicted molar refractivity (Wildman–Crippen MR) is 64.7 cm³/mol. The first-order valence-corrected chi connectivity index (χ1v) is 6.67. The summed E-state index contributed by atoms with van der Waals surface area (Å²) in [5, 5.41) is 3.54. The van der Waals surface area contributed by atoms with Gasteiger partial charge in [0.1, 0.15) is 5.60 Å². The lowest BCUT2D eigenvalue weighted by Gasteiger charge is -2.49. The highest BCUT2D eigenvalue weighted by Crippen LogP contribution is 2.36. The topological polar surface area (TPSA) is 30.5 Å². The molecule has 1 saturated carbocycles. The zero-order valence-electron chi connectivity index (χ0n) is 10.7. The molecule has 1 saturated heterocycles. The molecule has 16 heavy (non-hydrogen) atoms. The van der Waals surface area contributed by atoms with Gasteiger partial charge in [0.15, 0.2) is 0 Å². The quantitative estimate of drug-likeness (QED) is 0.801. The van der Waals surface area contributed by atoms with Crippen LogP contribution in [0.4, 0.5) is 0 Å². The van der Waals surface area contributed by atoms with Crippen molar-refractivity contribution in [2.75, 3.05) is 26.3 Å². The molecule has 3 heteroatoms. The standard InChI is InChI=1S/C13H25NO2/c1-3-15-11-12(2)9-14-10-13(16-12)7-5-4-6-8-13/h14H,3-11H2,1-2H3. The number of hydrogen-bond donors (Lipinski definition) is 1. The molecule has 2 rings (SSSR count). The van der Waals surface area contributed by atoms with Crippen molar-refractivity contribution in [1.29, 1.82) is 0 Å². The second-order valence-corrected chi connectivity index (χ2v) is 5.54. The maximum absolute atomic E-state index is 6.42. The van der Waals surface area contributed by atoms with Crippen molar-refractivity contribution >= 4 is 0 Å². The Kier molecular flexibility index (Phi) is 3.88. The van der Waals surface area contributed by atoms with E-state index in [4.69, 9.17) is 9.47 Å². The Balaban J connectivity index is 1.96. The molecule has 1 spiro atoms. The van der Waals surface area contributed by atoms with Gasteiger partial charge in [0.2, 0.25) is 0 Å². The van der Waals surface area contributed by atoms with E-state index in [0.717, 1.165) is 19.7 Å². The number of morpholine rings is 1. The zero-order valence-corrected chi connectivity index (χ0v) is 10.7. The van der Waals surface area contributed by atoms with Crippen molar-refractivity contribution in [2.45, 2.75) is 57.2 Å². The van der Waals surface area contributed by atoms with Crippen LogP contribution >= 0.6 is 0 Å². The zero-order chi connectivity index (χ0) is 11.5. The van der Waals surface area contributed by atoms with E-state index in [2.05, 4.69) is 12.2 Å². The highest BCUT2D eigenvalue weighted by Gasteiger charge is 2.43. The molecule has 2 fully saturated rings. The SMILES string of the molecule is CCOCC1(C)CNCC2(CCCCC2)O1. The van der Waals surface area contributed by atoms with Gasteiger partial charge in [0, 0.05) is 19.7 Å². The fourth-order valence-electron chi connectivity index (χ4n) is 3.02. The Labute approximate surface area is 98.9 Å². The van der Waals surface area contributed by atoms with Crippen molar-refractivity contribution in [2.24, 2.45) is 0 Å². The minimum atomic E-state index is -0.133. The first kappa shape index (κ1) is 12.3. The number of nitrogens with one attached hydrogen (secondary N) is 1. The van der Waals surface area contributed by atoms with Gasteiger partial charge in [-0.3, -0.25) is 0 Å². The van der Waals surface area contributed by atoms with Gasteiger partial charge in [-0.15, -0.1) is 0 Å². The average molecular weight is 227 g/mol. The van der Waals surface area contributed by atoms with Gasteiger partial charge < -0.3 is 14.8 Å². The Morgan fingerprint density at radius 3 is 2.62 bits per heavy atom. The largest absolute Gasteiger partial charge is 0.379 e. The van der Waals surface area contributed by atoms with Gasteiger partial charge in [-0.05, 0) is 26.7 Å². The smallest absolute Gasteiger partial charge is 0.102 e. The third-order valence-corrected chi connectivity index (χ3v) is 3.79. The van der Waals surface area contributed by atoms with Gasteiger partial charge in [0.05, 0.1) is 12.2 Å². The highest BCUT2D eigenvalue weighted by atomic mass is 16.6. The molecule has 0 amide bonds. The van der Waals surface area contributed by atoms with E-state index < -0.39 is 0 Å². The van der Waals surface area contributed by atoms with Crippen molar-refractivity contribution in [3.05, 3.63) is 0 Å². The van der Waals surface area contributed by atoms with Crippen molar-refractivity contribution in [1.82, 2.24) is 5.32 Å². The summed E-state index contributed by atoms with van der Waals surface area (Å²) in [6.45, 7) is 7.62. The predicted octanol–water partition coefficient (Wildman–Crippen LogP) is 2.10. The van der Waals surface area contributed by atoms with Gasteiger partial charge in [0.25, 0.3) is 0 Å². The summed E-state index contributed by atoms with van der Waals surface area (Å²) in [6, 6.07) is 0. The lowest BCUT2D eigenvalue weighted by molar-refractivity contribution is -0.202. The molecule has 1 atom stereocenters. The highest BCUT2D eigenvalue weighted by molar-refractivity contribution is 4.96. The number of rotatable bonds is 3. The summed E-state index contributed by atoms with van der Waals surface area (Å²) < 4.78 is 12.0. The summed E-state index contributed by atoms with van der Waals surface area (Å²) in [4.78, 5) is 0. The molecule has 1 heterocycles. The van der Waals surface area contributed by atoms with Crippen LogP contribution in [0.15, 0.2) is 0 Å². The van der Waals surface area contributed by atoms with E-state index in [0.29, 0.717) is 6.61 Å². The molecule has 1 unspecified atom stereocenters. The molecular formula is C13H25NO2. The van der Waals surface area contributed by atoms with Crippen LogP contribution < -0.4 is 5.32 Å². The Morgan fingerprint density at radius 2 is 1.94 bits per heavy atom. The van der Waals surface area contributed by atoms with Crippen LogP contribution in [0.2, 0.25) is 0 Å². The van der Waals surface area contributed by atoms with E-state index >= 15 is 0 Å². The van der Waals surface area contributed by atoms with Crippen LogP contribution in [0.5, 0.6) is 0 Å². The summed E-state index contributed by atoms with van der Waals surface area (Å²) in [7, 11) is 0. The fraction of sp³-hybridized carbons (Fsp3) is 1.00. The molecule has 0 aromatic carbocycles. The molecule has 1 N–H and O–H groups in total. The molecule has 1 aliphatic heterocycles. The van der Waals surface area contributed by atoms with Gasteiger partial charge >= 0.3 is 0 Å². The maximum Gasteiger partial charge on any atom is 0.102 e. The van der Waals surface area contributed by atoms with E-state index in [-0.39, 0.29) is 11.2 Å². The third kappa shape index (κ3) is 2.76. The van der Waals surface area contributed by atoms with E-state index in [1.807, 2.05) is 6.92 Å². The number of hydrogen-bond acceptors (Lipinski definition) is 3. The maximum atomic E-state index is 6.42. The summed E-state index contributed by atoms with van der Waals surface area (Å²) >= 11 is 0. The third-order valence-electron chi connectivity index (χ3n) is 3.79. The fourth-order valence-corrected chi connectivity index (χ4v) is 3.02. The Morgan fingerprint density at radius 1 is 1.19 bits per heavy atom. The summed E-state index contributed by atoms with van der Waals surface area (Å²) in [6.07, 6.45) is 6.41. The second-order valence-electron chi connectivity index (χ2n) is 5.54. The van der Waals surface area contributed by atoms with Crippen LogP contribution in [0.3, 0.4) is 0 Å². The monoisotopic (exact) mass is 227 g/mol. The van der Waals surface area contributed by atoms with Crippen LogP contribution in [-0.4, -0.2) is 37.5 Å². The molecule has 3 nitrogen and oxygen atoms in total. The minimum absolute atomic E-state index is 0.0996. The van der Waals surface area contributed by atoms with Crippen molar-refractivity contribution in [3.8, 4) is 0 Å². The molecule has 0 aromatic heterocycles. The molecule has 1 aliphatic carbocycles. The van der Waals surface area contributed by atoms with Crippen LogP contribution in [0.1, 0.15) is 46.0 Å². The average Bonchev–Trinajstić information content (AvgIpc) is 2.27. The van der Waals surface area contributed by atoms with Crippen molar-refractivity contribution < 1.29 is 9.47 Å². The minimum Gasteiger partial charge on any atom is -0.379 e. The molecule has 0 bridgehead atoms. The van der Waals surface area contributed by atoms with Crippen LogP contribution in [0.25, 0.3) is 0 Å². The lowest BCUT2D eigenvalue weighted by atomic mass is 9.82. The molecule has 0 radical (unpaired) electrons. The molecule has 2 aliphatic rings. The first-order valence-electron chi connectivity index (χ1n) is 6.67. The first-order chi connectivity index (χ1) is 7.68. The van der Waals surface area contributed by atoms with Crippen LogP contribution in [0, 0.1) is 0 Å². The van der Waals surface area contributed by atoms with Crippen LogP contribution in [-0.2, 0) is 9.47 Å². The molecular weight excluding hydrogens is 202 g/mol. The van der Waals surface area contributed by atoms with Gasteiger partial charge in [-0.1, -0.05) is 19.3 Å². The Bertz CT molecular complexity index is 220. The van der Waals surface area contributed by atoms with E-state index in [1.165, 1.54) is 32.1 Å². The second kappa shape index (κ2) is 5.03.